The normalized spacial score (nSPS) is 27.0. The molecule has 8 nitrogen and oxygen atoms in total. The molecule has 12 heteroatoms. The number of thioether (sulfide) groups is 4. The van der Waals surface area contributed by atoms with Crippen molar-refractivity contribution in [3.8, 4) is 0 Å². The van der Waals surface area contributed by atoms with Gasteiger partial charge in [0.1, 0.15) is 24.4 Å². The summed E-state index contributed by atoms with van der Waals surface area (Å²) in [5, 5.41) is 0. The molecule has 1 aliphatic heterocycles. The number of hydrogen-bond donors (Lipinski definition) is 0. The highest BCUT2D eigenvalue weighted by Crippen LogP contribution is 2.20. The van der Waals surface area contributed by atoms with Crippen molar-refractivity contribution >= 4 is 70.9 Å². The predicted molar refractivity (Wildman–Crippen MR) is 150 cm³/mol. The zero-order chi connectivity index (χ0) is 26.8. The summed E-state index contributed by atoms with van der Waals surface area (Å²) in [7, 11) is 0. The fourth-order valence-electron chi connectivity index (χ4n) is 3.00. The second-order valence-corrected chi connectivity index (χ2v) is 12.0. The van der Waals surface area contributed by atoms with Crippen LogP contribution in [-0.4, -0.2) is 94.3 Å². The van der Waals surface area contributed by atoms with Crippen LogP contribution in [0.25, 0.3) is 0 Å². The van der Waals surface area contributed by atoms with Gasteiger partial charge in [0.05, 0.1) is 0 Å². The first-order chi connectivity index (χ1) is 17.2. The zero-order valence-electron chi connectivity index (χ0n) is 21.2. The van der Waals surface area contributed by atoms with Gasteiger partial charge in [0, 0.05) is 73.7 Å². The van der Waals surface area contributed by atoms with Gasteiger partial charge in [-0.05, 0) is 0 Å². The smallest absolute Gasteiger partial charge is 0.303 e. The van der Waals surface area contributed by atoms with E-state index in [1.165, 1.54) is 27.7 Å². The Kier molecular flexibility index (Phi) is 18.0. The first kappa shape index (κ1) is 32.8. The molecule has 0 radical (unpaired) electrons. The number of carbonyl (C=O) groups is 4. The Morgan fingerprint density at radius 2 is 0.667 bits per heavy atom. The van der Waals surface area contributed by atoms with Gasteiger partial charge in [-0.15, -0.1) is 0 Å². The minimum Gasteiger partial charge on any atom is -0.458 e. The lowest BCUT2D eigenvalue weighted by atomic mass is 10.2. The van der Waals surface area contributed by atoms with E-state index in [4.69, 9.17) is 18.9 Å². The van der Waals surface area contributed by atoms with Crippen molar-refractivity contribution in [2.45, 2.75) is 52.1 Å². The molecule has 36 heavy (non-hydrogen) atoms. The van der Waals surface area contributed by atoms with Crippen LogP contribution in [0.1, 0.15) is 27.7 Å². The van der Waals surface area contributed by atoms with Crippen molar-refractivity contribution in [2.24, 2.45) is 0 Å². The van der Waals surface area contributed by atoms with E-state index >= 15 is 0 Å². The highest BCUT2D eigenvalue weighted by atomic mass is 32.2. The molecule has 0 bridgehead atoms. The Bertz CT molecular complexity index is 636. The van der Waals surface area contributed by atoms with Gasteiger partial charge in [0.25, 0.3) is 0 Å². The molecular formula is C24H36O8S4. The summed E-state index contributed by atoms with van der Waals surface area (Å²) in [4.78, 5) is 46.6. The Morgan fingerprint density at radius 1 is 0.472 bits per heavy atom. The second-order valence-electron chi connectivity index (χ2n) is 7.68. The summed E-state index contributed by atoms with van der Waals surface area (Å²) in [6, 6.07) is 0. The fraction of sp³-hybridized carbons (Fsp3) is 0.667. The molecule has 0 aromatic rings. The van der Waals surface area contributed by atoms with Crippen LogP contribution >= 0.6 is 47.0 Å². The lowest BCUT2D eigenvalue weighted by Crippen LogP contribution is -2.38. The summed E-state index contributed by atoms with van der Waals surface area (Å²) in [5.41, 5.74) is 0. The molecule has 0 spiro atoms. The van der Waals surface area contributed by atoms with Gasteiger partial charge in [-0.1, -0.05) is 24.3 Å². The monoisotopic (exact) mass is 580 g/mol. The molecule has 1 rings (SSSR count). The molecule has 1 unspecified atom stereocenters. The van der Waals surface area contributed by atoms with Crippen LogP contribution in [0.15, 0.2) is 24.3 Å². The van der Waals surface area contributed by atoms with E-state index in [2.05, 4.69) is 0 Å². The quantitative estimate of drug-likeness (QED) is 0.275. The fourth-order valence-corrected chi connectivity index (χ4v) is 6.70. The second kappa shape index (κ2) is 19.8. The topological polar surface area (TPSA) is 105 Å². The van der Waals surface area contributed by atoms with Gasteiger partial charge >= 0.3 is 23.9 Å². The van der Waals surface area contributed by atoms with Crippen LogP contribution in [0, 0.1) is 0 Å². The predicted octanol–water partition coefficient (Wildman–Crippen LogP) is 3.77. The summed E-state index contributed by atoms with van der Waals surface area (Å²) >= 11 is 6.33. The van der Waals surface area contributed by atoms with Crippen molar-refractivity contribution < 1.29 is 38.1 Å². The third-order valence-electron chi connectivity index (χ3n) is 4.42. The van der Waals surface area contributed by atoms with Crippen LogP contribution in [0.3, 0.4) is 0 Å². The molecule has 0 fully saturated rings. The lowest BCUT2D eigenvalue weighted by Gasteiger charge is -2.26. The Hall–Kier alpha value is -1.24. The number of hydrogen-bond acceptors (Lipinski definition) is 12. The Balaban J connectivity index is 2.90. The maximum absolute atomic E-state index is 11.6. The Labute approximate surface area is 230 Å². The van der Waals surface area contributed by atoms with Gasteiger partial charge in [-0.2, -0.15) is 47.0 Å². The van der Waals surface area contributed by atoms with Gasteiger partial charge in [-0.3, -0.25) is 19.2 Å². The molecule has 0 aromatic carbocycles. The highest BCUT2D eigenvalue weighted by molar-refractivity contribution is 8.00. The van der Waals surface area contributed by atoms with Crippen LogP contribution < -0.4 is 0 Å². The largest absolute Gasteiger partial charge is 0.458 e. The molecule has 0 saturated heterocycles. The van der Waals surface area contributed by atoms with E-state index in [9.17, 15) is 19.2 Å². The van der Waals surface area contributed by atoms with Gasteiger partial charge in [-0.25, -0.2) is 0 Å². The van der Waals surface area contributed by atoms with Crippen molar-refractivity contribution in [2.75, 3.05) is 46.0 Å². The number of carbonyl (C=O) groups excluding carboxylic acids is 4. The van der Waals surface area contributed by atoms with Crippen molar-refractivity contribution in [1.29, 1.82) is 0 Å². The van der Waals surface area contributed by atoms with E-state index in [0.29, 0.717) is 46.0 Å². The Morgan fingerprint density at radius 3 is 0.833 bits per heavy atom. The van der Waals surface area contributed by atoms with Crippen LogP contribution in [-0.2, 0) is 38.1 Å². The van der Waals surface area contributed by atoms with Gasteiger partial charge < -0.3 is 18.9 Å². The molecule has 4 atom stereocenters. The van der Waals surface area contributed by atoms with E-state index < -0.39 is 48.3 Å². The van der Waals surface area contributed by atoms with Gasteiger partial charge in [0.15, 0.2) is 0 Å². The molecule has 204 valence electrons. The molecule has 1 heterocycles. The zero-order valence-corrected chi connectivity index (χ0v) is 24.4. The SMILES string of the molecule is CC(=O)OC1CSC/C=C/CSC[C@H](OC(C)=O)[C@H](OC(C)=O)CSC/C=C/CSC[C@@H]1OC(C)=O. The molecular weight excluding hydrogens is 545 g/mol. The van der Waals surface area contributed by atoms with Crippen LogP contribution in [0.4, 0.5) is 0 Å². The average Bonchev–Trinajstić information content (AvgIpc) is 2.77. The number of rotatable bonds is 4. The van der Waals surface area contributed by atoms with Crippen LogP contribution in [0.2, 0.25) is 0 Å². The third kappa shape index (κ3) is 16.5. The van der Waals surface area contributed by atoms with Crippen LogP contribution in [0.5, 0.6) is 0 Å². The van der Waals surface area contributed by atoms with E-state index in [0.717, 1.165) is 0 Å². The van der Waals surface area contributed by atoms with E-state index in [-0.39, 0.29) is 0 Å². The molecule has 0 aromatic heterocycles. The highest BCUT2D eigenvalue weighted by Gasteiger charge is 2.28. The molecule has 0 amide bonds. The first-order valence-corrected chi connectivity index (χ1v) is 16.1. The van der Waals surface area contributed by atoms with E-state index in [1.54, 1.807) is 47.0 Å². The summed E-state index contributed by atoms with van der Waals surface area (Å²) in [6.45, 7) is 5.41. The molecule has 0 aliphatic carbocycles. The van der Waals surface area contributed by atoms with E-state index in [1.807, 2.05) is 24.3 Å². The maximum atomic E-state index is 11.6. The molecule has 0 saturated carbocycles. The standard InChI is InChI=1S/C24H36O8S4/c1-17(25)29-21-13-33-9-5-6-11-35-15-23(31-19(3)27)24(32-20(4)28)16-36-12-8-7-10-34-14-22(21)30-18(2)26/h5-8,21-24H,9-16H2,1-4H3/b6-5+,8-7+/t21-,22+,23+,24?/m1/s1. The minimum atomic E-state index is -0.528. The first-order valence-electron chi connectivity index (χ1n) is 11.5. The lowest BCUT2D eigenvalue weighted by molar-refractivity contribution is -0.161. The molecule has 1 aliphatic rings. The summed E-state index contributed by atoms with van der Waals surface area (Å²) in [5.74, 6) is 3.16. The minimum absolute atomic E-state index is 0.407. The van der Waals surface area contributed by atoms with Gasteiger partial charge in [0.2, 0.25) is 0 Å². The molecule has 0 N–H and O–H groups in total. The van der Waals surface area contributed by atoms with Crippen molar-refractivity contribution in [1.82, 2.24) is 0 Å². The number of esters is 4. The number of ether oxygens (including phenoxy) is 4. The van der Waals surface area contributed by atoms with Crippen molar-refractivity contribution in [3.63, 3.8) is 0 Å². The maximum Gasteiger partial charge on any atom is 0.303 e. The average molecular weight is 581 g/mol. The van der Waals surface area contributed by atoms with Crippen molar-refractivity contribution in [3.05, 3.63) is 24.3 Å². The summed E-state index contributed by atoms with van der Waals surface area (Å²) in [6.07, 6.45) is 5.95. The summed E-state index contributed by atoms with van der Waals surface area (Å²) < 4.78 is 21.9. The third-order valence-corrected chi connectivity index (χ3v) is 8.39.